The predicted octanol–water partition coefficient (Wildman–Crippen LogP) is 3.46. The molecule has 3 heteroatoms. The highest BCUT2D eigenvalue weighted by Gasteiger charge is 2.18. The van der Waals surface area contributed by atoms with Crippen LogP contribution in [0.1, 0.15) is 36.5 Å². The third-order valence-corrected chi connectivity index (χ3v) is 2.71. The summed E-state index contributed by atoms with van der Waals surface area (Å²) in [4.78, 5) is 0. The summed E-state index contributed by atoms with van der Waals surface area (Å²) in [5.74, 6) is 2.04. The van der Waals surface area contributed by atoms with E-state index in [4.69, 9.17) is 9.15 Å². The molecule has 0 aliphatic rings. The van der Waals surface area contributed by atoms with Gasteiger partial charge < -0.3 is 14.3 Å². The van der Waals surface area contributed by atoms with Gasteiger partial charge in [0.25, 0.3) is 0 Å². The first-order valence-corrected chi connectivity index (χ1v) is 6.18. The van der Waals surface area contributed by atoms with E-state index in [0.29, 0.717) is 18.1 Å². The fraction of sp³-hybridized carbons (Fsp3) is 0.333. The van der Waals surface area contributed by atoms with E-state index in [9.17, 15) is 5.11 Å². The minimum Gasteiger partial charge on any atom is -0.493 e. The number of aliphatic hydroxyl groups excluding tert-OH is 1. The highest BCUT2D eigenvalue weighted by atomic mass is 16.5. The van der Waals surface area contributed by atoms with Gasteiger partial charge in [-0.05, 0) is 31.5 Å². The lowest BCUT2D eigenvalue weighted by molar-refractivity contribution is 0.181. The molecule has 1 unspecified atom stereocenters. The number of furan rings is 1. The van der Waals surface area contributed by atoms with Gasteiger partial charge in [0.05, 0.1) is 6.61 Å². The number of hydrogen-bond acceptors (Lipinski definition) is 3. The van der Waals surface area contributed by atoms with Gasteiger partial charge in [-0.15, -0.1) is 0 Å². The zero-order chi connectivity index (χ0) is 13.0. The maximum absolute atomic E-state index is 10.3. The highest BCUT2D eigenvalue weighted by Crippen LogP contribution is 2.30. The van der Waals surface area contributed by atoms with E-state index in [1.165, 1.54) is 0 Å². The van der Waals surface area contributed by atoms with Crippen molar-refractivity contribution in [2.75, 3.05) is 6.61 Å². The van der Waals surface area contributed by atoms with E-state index < -0.39 is 6.10 Å². The average molecular weight is 246 g/mol. The van der Waals surface area contributed by atoms with E-state index >= 15 is 0 Å². The lowest BCUT2D eigenvalue weighted by atomic mass is 10.1. The average Bonchev–Trinajstić information content (AvgIpc) is 2.82. The fourth-order valence-corrected chi connectivity index (χ4v) is 1.80. The van der Waals surface area contributed by atoms with Gasteiger partial charge >= 0.3 is 0 Å². The van der Waals surface area contributed by atoms with Gasteiger partial charge in [-0.25, -0.2) is 0 Å². The van der Waals surface area contributed by atoms with Crippen molar-refractivity contribution >= 4 is 0 Å². The summed E-state index contributed by atoms with van der Waals surface area (Å²) in [7, 11) is 0. The molecule has 96 valence electrons. The first-order valence-electron chi connectivity index (χ1n) is 6.18. The molecule has 0 saturated carbocycles. The lowest BCUT2D eigenvalue weighted by Crippen LogP contribution is -2.04. The van der Waals surface area contributed by atoms with Crippen LogP contribution in [0.2, 0.25) is 0 Å². The Hall–Kier alpha value is -1.74. The molecular formula is C15H18O3. The number of benzene rings is 1. The Morgan fingerprint density at radius 1 is 1.22 bits per heavy atom. The zero-order valence-electron chi connectivity index (χ0n) is 10.7. The molecule has 1 aromatic heterocycles. The van der Waals surface area contributed by atoms with Crippen LogP contribution in [-0.4, -0.2) is 11.7 Å². The monoisotopic (exact) mass is 246 g/mol. The molecule has 0 aliphatic carbocycles. The zero-order valence-corrected chi connectivity index (χ0v) is 10.7. The molecule has 0 amide bonds. The summed E-state index contributed by atoms with van der Waals surface area (Å²) < 4.78 is 11.1. The second kappa shape index (κ2) is 5.74. The highest BCUT2D eigenvalue weighted by molar-refractivity contribution is 5.38. The molecule has 1 heterocycles. The van der Waals surface area contributed by atoms with Gasteiger partial charge in [-0.1, -0.05) is 25.1 Å². The van der Waals surface area contributed by atoms with E-state index in [-0.39, 0.29) is 0 Å². The minimum absolute atomic E-state index is 0.542. The van der Waals surface area contributed by atoms with Crippen LogP contribution < -0.4 is 4.74 Å². The number of ether oxygens (including phenoxy) is 1. The van der Waals surface area contributed by atoms with Crippen molar-refractivity contribution in [2.24, 2.45) is 0 Å². The van der Waals surface area contributed by atoms with Gasteiger partial charge in [-0.3, -0.25) is 0 Å². The molecule has 0 aliphatic heterocycles. The summed E-state index contributed by atoms with van der Waals surface area (Å²) in [5, 5.41) is 10.3. The van der Waals surface area contributed by atoms with Crippen molar-refractivity contribution in [3.63, 3.8) is 0 Å². The number of para-hydroxylation sites is 1. The molecule has 2 rings (SSSR count). The van der Waals surface area contributed by atoms with Crippen molar-refractivity contribution in [1.29, 1.82) is 0 Å². The van der Waals surface area contributed by atoms with E-state index in [2.05, 4.69) is 6.92 Å². The quantitative estimate of drug-likeness (QED) is 0.878. The number of aliphatic hydroxyl groups is 1. The SMILES string of the molecule is CCCOc1ccccc1C(O)c1ccc(C)o1. The molecular weight excluding hydrogens is 228 g/mol. The Labute approximate surface area is 107 Å². The number of rotatable bonds is 5. The smallest absolute Gasteiger partial charge is 0.140 e. The summed E-state index contributed by atoms with van der Waals surface area (Å²) in [6.45, 7) is 4.55. The molecule has 1 N–H and O–H groups in total. The topological polar surface area (TPSA) is 42.6 Å². The first-order chi connectivity index (χ1) is 8.72. The molecule has 2 aromatic rings. The maximum atomic E-state index is 10.3. The van der Waals surface area contributed by atoms with Crippen LogP contribution in [0.4, 0.5) is 0 Å². The Morgan fingerprint density at radius 3 is 2.67 bits per heavy atom. The van der Waals surface area contributed by atoms with Crippen LogP contribution in [0.3, 0.4) is 0 Å². The van der Waals surface area contributed by atoms with Gasteiger partial charge in [0, 0.05) is 5.56 Å². The summed E-state index contributed by atoms with van der Waals surface area (Å²) in [6, 6.07) is 11.1. The molecule has 0 saturated heterocycles. The van der Waals surface area contributed by atoms with E-state index in [1.807, 2.05) is 37.3 Å². The van der Waals surface area contributed by atoms with Crippen LogP contribution in [0.25, 0.3) is 0 Å². The van der Waals surface area contributed by atoms with Crippen molar-refractivity contribution in [3.8, 4) is 5.75 Å². The molecule has 1 aromatic carbocycles. The van der Waals surface area contributed by atoms with E-state index in [1.54, 1.807) is 6.07 Å². The van der Waals surface area contributed by atoms with Crippen LogP contribution >= 0.6 is 0 Å². The lowest BCUT2D eigenvalue weighted by Gasteiger charge is -2.14. The molecule has 0 fully saturated rings. The van der Waals surface area contributed by atoms with Crippen LogP contribution in [0, 0.1) is 6.92 Å². The second-order valence-electron chi connectivity index (χ2n) is 4.24. The first kappa shape index (κ1) is 12.7. The van der Waals surface area contributed by atoms with Gasteiger partial charge in [0.2, 0.25) is 0 Å². The van der Waals surface area contributed by atoms with Crippen LogP contribution in [-0.2, 0) is 0 Å². The van der Waals surface area contributed by atoms with Crippen molar-refractivity contribution in [1.82, 2.24) is 0 Å². The Bertz CT molecular complexity index is 502. The maximum Gasteiger partial charge on any atom is 0.140 e. The molecule has 0 spiro atoms. The molecule has 0 radical (unpaired) electrons. The normalized spacial score (nSPS) is 12.4. The second-order valence-corrected chi connectivity index (χ2v) is 4.24. The summed E-state index contributed by atoms with van der Waals surface area (Å²) in [6.07, 6.45) is 0.149. The van der Waals surface area contributed by atoms with Crippen LogP contribution in [0.15, 0.2) is 40.8 Å². The number of hydrogen-bond donors (Lipinski definition) is 1. The van der Waals surface area contributed by atoms with Crippen LogP contribution in [0.5, 0.6) is 5.75 Å². The minimum atomic E-state index is -0.785. The fourth-order valence-electron chi connectivity index (χ4n) is 1.80. The predicted molar refractivity (Wildman–Crippen MR) is 69.7 cm³/mol. The Morgan fingerprint density at radius 2 is 2.00 bits per heavy atom. The third-order valence-electron chi connectivity index (χ3n) is 2.71. The molecule has 3 nitrogen and oxygen atoms in total. The molecule has 0 bridgehead atoms. The van der Waals surface area contributed by atoms with Gasteiger partial charge in [-0.2, -0.15) is 0 Å². The third kappa shape index (κ3) is 2.74. The van der Waals surface area contributed by atoms with E-state index in [0.717, 1.165) is 17.7 Å². The molecule has 18 heavy (non-hydrogen) atoms. The Kier molecular flexibility index (Phi) is 4.05. The Balaban J connectivity index is 2.26. The van der Waals surface area contributed by atoms with Gasteiger partial charge in [0.1, 0.15) is 23.4 Å². The summed E-state index contributed by atoms with van der Waals surface area (Å²) >= 11 is 0. The standard InChI is InChI=1S/C15H18O3/c1-3-10-17-13-7-5-4-6-12(13)15(16)14-9-8-11(2)18-14/h4-9,15-16H,3,10H2,1-2H3. The summed E-state index contributed by atoms with van der Waals surface area (Å²) in [5.41, 5.74) is 0.736. The van der Waals surface area contributed by atoms with Crippen molar-refractivity contribution < 1.29 is 14.3 Å². The van der Waals surface area contributed by atoms with Crippen molar-refractivity contribution in [3.05, 3.63) is 53.5 Å². The number of aryl methyl sites for hydroxylation is 1. The molecule has 1 atom stereocenters. The largest absolute Gasteiger partial charge is 0.493 e. The van der Waals surface area contributed by atoms with Gasteiger partial charge in [0.15, 0.2) is 0 Å². The van der Waals surface area contributed by atoms with Crippen molar-refractivity contribution in [2.45, 2.75) is 26.4 Å².